The first-order valence-electron chi connectivity index (χ1n) is 7.02. The second-order valence-electron chi connectivity index (χ2n) is 5.42. The van der Waals surface area contributed by atoms with Crippen LogP contribution >= 0.6 is 0 Å². The first-order chi connectivity index (χ1) is 9.16. The number of nitrogens with one attached hydrogen (secondary N) is 2. The van der Waals surface area contributed by atoms with E-state index in [4.69, 9.17) is 5.73 Å². The first kappa shape index (κ1) is 13.9. The number of anilines is 2. The Labute approximate surface area is 114 Å². The van der Waals surface area contributed by atoms with Gasteiger partial charge in [0.05, 0.1) is 11.4 Å². The van der Waals surface area contributed by atoms with E-state index >= 15 is 0 Å². The summed E-state index contributed by atoms with van der Waals surface area (Å²) in [6.07, 6.45) is 2.98. The molecule has 1 aromatic rings. The molecule has 0 aromatic heterocycles. The van der Waals surface area contributed by atoms with Gasteiger partial charge in [-0.25, -0.2) is 0 Å². The Morgan fingerprint density at radius 1 is 1.53 bits per heavy atom. The van der Waals surface area contributed by atoms with Crippen LogP contribution in [0.25, 0.3) is 0 Å². The van der Waals surface area contributed by atoms with Gasteiger partial charge in [0.1, 0.15) is 0 Å². The second kappa shape index (κ2) is 6.57. The third-order valence-corrected chi connectivity index (χ3v) is 3.88. The zero-order chi connectivity index (χ0) is 13.7. The van der Waals surface area contributed by atoms with Crippen molar-refractivity contribution in [1.82, 2.24) is 5.32 Å². The van der Waals surface area contributed by atoms with Crippen LogP contribution in [0, 0.1) is 11.8 Å². The maximum Gasteiger partial charge on any atom is 0.224 e. The molecule has 0 radical (unpaired) electrons. The van der Waals surface area contributed by atoms with Crippen LogP contribution in [-0.2, 0) is 4.79 Å². The van der Waals surface area contributed by atoms with Crippen LogP contribution < -0.4 is 16.4 Å². The highest BCUT2D eigenvalue weighted by Gasteiger charge is 2.22. The molecule has 4 nitrogen and oxygen atoms in total. The normalized spacial score (nSPS) is 20.8. The highest BCUT2D eigenvalue weighted by atomic mass is 16.1. The van der Waals surface area contributed by atoms with E-state index in [1.807, 2.05) is 18.2 Å². The van der Waals surface area contributed by atoms with Gasteiger partial charge >= 0.3 is 0 Å². The van der Waals surface area contributed by atoms with Crippen molar-refractivity contribution in [1.29, 1.82) is 0 Å². The quantitative estimate of drug-likeness (QED) is 0.728. The maximum absolute atomic E-state index is 12.0. The number of benzene rings is 1. The van der Waals surface area contributed by atoms with Crippen molar-refractivity contribution < 1.29 is 4.79 Å². The summed E-state index contributed by atoms with van der Waals surface area (Å²) in [5.41, 5.74) is 7.14. The average Bonchev–Trinajstić information content (AvgIpc) is 2.42. The van der Waals surface area contributed by atoms with Crippen molar-refractivity contribution in [2.75, 3.05) is 24.1 Å². The van der Waals surface area contributed by atoms with Gasteiger partial charge in [-0.3, -0.25) is 4.79 Å². The van der Waals surface area contributed by atoms with E-state index in [1.165, 1.54) is 12.8 Å². The lowest BCUT2D eigenvalue weighted by atomic mass is 9.85. The SMILES string of the molecule is CC(CC(=O)Nc1ccccc1N)C1CCCNC1. The van der Waals surface area contributed by atoms with Crippen LogP contribution in [-0.4, -0.2) is 19.0 Å². The fourth-order valence-electron chi connectivity index (χ4n) is 2.64. The summed E-state index contributed by atoms with van der Waals surface area (Å²) < 4.78 is 0. The number of amides is 1. The fourth-order valence-corrected chi connectivity index (χ4v) is 2.64. The Balaban J connectivity index is 1.85. The van der Waals surface area contributed by atoms with E-state index in [2.05, 4.69) is 17.6 Å². The maximum atomic E-state index is 12.0. The van der Waals surface area contributed by atoms with Crippen molar-refractivity contribution in [2.45, 2.75) is 26.2 Å². The Kier molecular flexibility index (Phi) is 4.80. The molecule has 1 aliphatic rings. The summed E-state index contributed by atoms with van der Waals surface area (Å²) in [6, 6.07) is 7.37. The molecule has 1 saturated heterocycles. The molecule has 1 aliphatic heterocycles. The number of hydrogen-bond acceptors (Lipinski definition) is 3. The number of para-hydroxylation sites is 2. The average molecular weight is 261 g/mol. The summed E-state index contributed by atoms with van der Waals surface area (Å²) in [4.78, 5) is 12.0. The molecule has 2 unspecified atom stereocenters. The van der Waals surface area contributed by atoms with E-state index in [1.54, 1.807) is 6.07 Å². The monoisotopic (exact) mass is 261 g/mol. The number of carbonyl (C=O) groups excluding carboxylic acids is 1. The van der Waals surface area contributed by atoms with Gasteiger partial charge in [-0.1, -0.05) is 19.1 Å². The molecule has 0 aliphatic carbocycles. The predicted octanol–water partition coefficient (Wildman–Crippen LogP) is 2.23. The highest BCUT2D eigenvalue weighted by molar-refractivity contribution is 5.93. The van der Waals surface area contributed by atoms with Crippen LogP contribution in [0.3, 0.4) is 0 Å². The molecule has 2 rings (SSSR count). The lowest BCUT2D eigenvalue weighted by molar-refractivity contribution is -0.117. The van der Waals surface area contributed by atoms with Gasteiger partial charge in [0.2, 0.25) is 5.91 Å². The summed E-state index contributed by atoms with van der Waals surface area (Å²) in [5.74, 6) is 1.06. The largest absolute Gasteiger partial charge is 0.397 e. The molecule has 4 heteroatoms. The number of carbonyl (C=O) groups is 1. The molecule has 19 heavy (non-hydrogen) atoms. The molecule has 1 amide bonds. The number of nitrogen functional groups attached to an aromatic ring is 1. The lowest BCUT2D eigenvalue weighted by Gasteiger charge is -2.28. The van der Waals surface area contributed by atoms with Crippen LogP contribution in [0.2, 0.25) is 0 Å². The van der Waals surface area contributed by atoms with Gasteiger partial charge in [-0.2, -0.15) is 0 Å². The van der Waals surface area contributed by atoms with E-state index < -0.39 is 0 Å². The van der Waals surface area contributed by atoms with Gasteiger partial charge in [-0.05, 0) is 49.9 Å². The van der Waals surface area contributed by atoms with Gasteiger partial charge in [0, 0.05) is 6.42 Å². The molecule has 2 atom stereocenters. The number of rotatable bonds is 4. The molecule has 0 bridgehead atoms. The molecule has 4 N–H and O–H groups in total. The molecule has 1 heterocycles. The first-order valence-corrected chi connectivity index (χ1v) is 7.02. The Morgan fingerprint density at radius 3 is 3.00 bits per heavy atom. The Hall–Kier alpha value is -1.55. The van der Waals surface area contributed by atoms with Gasteiger partial charge in [-0.15, -0.1) is 0 Å². The minimum absolute atomic E-state index is 0.0518. The summed E-state index contributed by atoms with van der Waals surface area (Å²) in [5, 5.41) is 6.29. The number of piperidine rings is 1. The van der Waals surface area contributed by atoms with Crippen LogP contribution in [0.4, 0.5) is 11.4 Å². The smallest absolute Gasteiger partial charge is 0.224 e. The molecule has 0 spiro atoms. The standard InChI is InChI=1S/C15H23N3O/c1-11(12-5-4-8-17-10-12)9-15(19)18-14-7-3-2-6-13(14)16/h2-3,6-7,11-12,17H,4-5,8-10,16H2,1H3,(H,18,19). The lowest BCUT2D eigenvalue weighted by Crippen LogP contribution is -2.34. The topological polar surface area (TPSA) is 67.2 Å². The number of nitrogens with two attached hydrogens (primary N) is 1. The van der Waals surface area contributed by atoms with Crippen LogP contribution in [0.5, 0.6) is 0 Å². The van der Waals surface area contributed by atoms with Gasteiger partial charge in [0.25, 0.3) is 0 Å². The molecule has 0 saturated carbocycles. The molecular formula is C15H23N3O. The summed E-state index contributed by atoms with van der Waals surface area (Å²) >= 11 is 0. The van der Waals surface area contributed by atoms with E-state index in [9.17, 15) is 4.79 Å². The fraction of sp³-hybridized carbons (Fsp3) is 0.533. The van der Waals surface area contributed by atoms with Crippen molar-refractivity contribution in [3.63, 3.8) is 0 Å². The zero-order valence-corrected chi connectivity index (χ0v) is 11.5. The third kappa shape index (κ3) is 3.96. The number of hydrogen-bond donors (Lipinski definition) is 3. The predicted molar refractivity (Wildman–Crippen MR) is 78.9 cm³/mol. The zero-order valence-electron chi connectivity index (χ0n) is 11.5. The molecule has 1 fully saturated rings. The minimum Gasteiger partial charge on any atom is -0.397 e. The van der Waals surface area contributed by atoms with E-state index in [0.717, 1.165) is 13.1 Å². The van der Waals surface area contributed by atoms with Crippen molar-refractivity contribution in [2.24, 2.45) is 11.8 Å². The van der Waals surface area contributed by atoms with E-state index in [-0.39, 0.29) is 5.91 Å². The van der Waals surface area contributed by atoms with Gasteiger partial charge < -0.3 is 16.4 Å². The molecule has 1 aromatic carbocycles. The van der Waals surface area contributed by atoms with Crippen molar-refractivity contribution in [3.05, 3.63) is 24.3 Å². The second-order valence-corrected chi connectivity index (χ2v) is 5.42. The highest BCUT2D eigenvalue weighted by Crippen LogP contribution is 2.24. The summed E-state index contributed by atoms with van der Waals surface area (Å²) in [6.45, 7) is 4.30. The molecule has 104 valence electrons. The van der Waals surface area contributed by atoms with Crippen LogP contribution in [0.1, 0.15) is 26.2 Å². The minimum atomic E-state index is 0.0518. The third-order valence-electron chi connectivity index (χ3n) is 3.88. The van der Waals surface area contributed by atoms with Crippen molar-refractivity contribution in [3.8, 4) is 0 Å². The summed E-state index contributed by atoms with van der Waals surface area (Å²) in [7, 11) is 0. The van der Waals surface area contributed by atoms with Gasteiger partial charge in [0.15, 0.2) is 0 Å². The Morgan fingerprint density at radius 2 is 2.32 bits per heavy atom. The van der Waals surface area contributed by atoms with Crippen LogP contribution in [0.15, 0.2) is 24.3 Å². The van der Waals surface area contributed by atoms with Crippen molar-refractivity contribution >= 4 is 17.3 Å². The van der Waals surface area contributed by atoms with E-state index in [0.29, 0.717) is 29.6 Å². The Bertz CT molecular complexity index is 427. The molecular weight excluding hydrogens is 238 g/mol.